The molecule has 4 aliphatic carbocycles. The average molecular weight is 444 g/mol. The molecule has 33 heavy (non-hydrogen) atoms. The number of benzene rings is 1. The zero-order valence-electron chi connectivity index (χ0n) is 18.9. The molecule has 4 fully saturated rings. The van der Waals surface area contributed by atoms with Crippen molar-refractivity contribution in [3.63, 3.8) is 0 Å². The molecule has 4 atom stereocenters. The molecule has 1 aromatic carbocycles. The molecule has 4 unspecified atom stereocenters. The van der Waals surface area contributed by atoms with Gasteiger partial charge < -0.3 is 9.47 Å². The number of carbonyl (C=O) groups is 2. The number of ether oxygens (including phenoxy) is 2. The van der Waals surface area contributed by atoms with Crippen LogP contribution in [0.5, 0.6) is 0 Å². The third-order valence-corrected chi connectivity index (χ3v) is 9.66. The molecule has 0 bridgehead atoms. The quantitative estimate of drug-likeness (QED) is 0.466. The van der Waals surface area contributed by atoms with Gasteiger partial charge in [0.15, 0.2) is 5.79 Å². The van der Waals surface area contributed by atoms with Crippen LogP contribution in [0, 0.1) is 22.7 Å². The number of nitrogens with zero attached hydrogens (tertiary/aromatic N) is 1. The monoisotopic (exact) mass is 443 g/mol. The number of imide groups is 1. The molecule has 0 aromatic heterocycles. The number of rotatable bonds is 1. The predicted molar refractivity (Wildman–Crippen MR) is 123 cm³/mol. The van der Waals surface area contributed by atoms with E-state index in [-0.39, 0.29) is 34.5 Å². The minimum Gasteiger partial charge on any atom is -0.349 e. The number of hydrogen-bond donors (Lipinski definition) is 0. The fourth-order valence-electron chi connectivity index (χ4n) is 7.90. The van der Waals surface area contributed by atoms with E-state index in [0.717, 1.165) is 36.8 Å². The van der Waals surface area contributed by atoms with E-state index in [1.54, 1.807) is 0 Å². The Morgan fingerprint density at radius 1 is 0.788 bits per heavy atom. The van der Waals surface area contributed by atoms with Gasteiger partial charge in [-0.3, -0.25) is 14.5 Å². The molecule has 170 valence electrons. The maximum Gasteiger partial charge on any atom is 0.238 e. The van der Waals surface area contributed by atoms with Crippen molar-refractivity contribution in [2.24, 2.45) is 22.7 Å². The second kappa shape index (κ2) is 6.34. The topological polar surface area (TPSA) is 55.8 Å². The van der Waals surface area contributed by atoms with Crippen LogP contribution in [0.3, 0.4) is 0 Å². The second-order valence-electron chi connectivity index (χ2n) is 10.7. The van der Waals surface area contributed by atoms with E-state index in [2.05, 4.69) is 13.2 Å². The van der Waals surface area contributed by atoms with Gasteiger partial charge in [-0.15, -0.1) is 0 Å². The Labute approximate surface area is 194 Å². The minimum atomic E-state index is -0.504. The average Bonchev–Trinajstić information content (AvgIpc) is 3.03. The smallest absolute Gasteiger partial charge is 0.238 e. The molecule has 2 amide bonds. The van der Waals surface area contributed by atoms with Crippen LogP contribution in [0.1, 0.15) is 44.9 Å². The first-order valence-electron chi connectivity index (χ1n) is 12.3. The van der Waals surface area contributed by atoms with Gasteiger partial charge in [0.2, 0.25) is 11.8 Å². The highest BCUT2D eigenvalue weighted by atomic mass is 16.7. The van der Waals surface area contributed by atoms with E-state index in [1.807, 2.05) is 30.3 Å². The lowest BCUT2D eigenvalue weighted by atomic mass is 9.30. The van der Waals surface area contributed by atoms with Gasteiger partial charge >= 0.3 is 0 Å². The summed E-state index contributed by atoms with van der Waals surface area (Å²) in [4.78, 5) is 28.3. The Kier molecular flexibility index (Phi) is 3.82. The molecule has 5 heteroatoms. The summed E-state index contributed by atoms with van der Waals surface area (Å²) in [5, 5.41) is 0. The van der Waals surface area contributed by atoms with Crippen molar-refractivity contribution in [3.8, 4) is 0 Å². The fraction of sp³-hybridized carbons (Fsp3) is 0.500. The maximum atomic E-state index is 13.4. The van der Waals surface area contributed by atoms with Crippen molar-refractivity contribution in [1.82, 2.24) is 0 Å². The van der Waals surface area contributed by atoms with Crippen molar-refractivity contribution in [1.29, 1.82) is 0 Å². The molecule has 6 aliphatic rings. The van der Waals surface area contributed by atoms with Gasteiger partial charge in [0.1, 0.15) is 0 Å². The molecule has 0 N–H and O–H groups in total. The van der Waals surface area contributed by atoms with Crippen molar-refractivity contribution in [2.45, 2.75) is 50.7 Å². The third-order valence-electron chi connectivity index (χ3n) is 9.66. The summed E-state index contributed by atoms with van der Waals surface area (Å²) in [6.45, 7) is 9.92. The standard InChI is InChI=1S/C28H29NO4/c1-17-18(2)28-16-33-26(11-7-4-8-12-26)32-15-27(17,28)22-13-20-21(14-23(22)28)25(31)29(24(20)30)19-9-5-3-6-10-19/h3,5-6,9-10,20-21H,1-2,4,7-8,11-16H2. The van der Waals surface area contributed by atoms with Crippen LogP contribution in [-0.4, -0.2) is 30.8 Å². The van der Waals surface area contributed by atoms with Crippen molar-refractivity contribution < 1.29 is 19.1 Å². The zero-order valence-corrected chi connectivity index (χ0v) is 18.9. The second-order valence-corrected chi connectivity index (χ2v) is 10.7. The Morgan fingerprint density at radius 2 is 1.30 bits per heavy atom. The van der Waals surface area contributed by atoms with Crippen molar-refractivity contribution in [3.05, 3.63) is 65.8 Å². The molecule has 1 aromatic rings. The van der Waals surface area contributed by atoms with Gasteiger partial charge in [-0.1, -0.05) is 48.9 Å². The summed E-state index contributed by atoms with van der Waals surface area (Å²) in [5.74, 6) is -1.27. The van der Waals surface area contributed by atoms with Gasteiger partial charge in [-0.05, 0) is 49.0 Å². The summed E-state index contributed by atoms with van der Waals surface area (Å²) in [6.07, 6.45) is 6.55. The number of carbonyl (C=O) groups excluding carboxylic acids is 2. The highest BCUT2D eigenvalue weighted by molar-refractivity contribution is 6.22. The highest BCUT2D eigenvalue weighted by Gasteiger charge is 2.78. The van der Waals surface area contributed by atoms with Gasteiger partial charge in [0.05, 0.1) is 41.6 Å². The predicted octanol–water partition coefficient (Wildman–Crippen LogP) is 4.70. The summed E-state index contributed by atoms with van der Waals surface area (Å²) in [7, 11) is 0. The Bertz CT molecular complexity index is 1100. The molecule has 7 rings (SSSR count). The van der Waals surface area contributed by atoms with E-state index < -0.39 is 5.79 Å². The maximum absolute atomic E-state index is 13.4. The van der Waals surface area contributed by atoms with E-state index in [4.69, 9.17) is 9.47 Å². The molecule has 2 saturated carbocycles. The normalized spacial score (nSPS) is 38.7. The number of hydrogen-bond acceptors (Lipinski definition) is 4. The molecule has 1 spiro atoms. The number of anilines is 1. The van der Waals surface area contributed by atoms with Crippen LogP contribution in [0.4, 0.5) is 5.69 Å². The molecule has 2 saturated heterocycles. The fourth-order valence-corrected chi connectivity index (χ4v) is 7.90. The van der Waals surface area contributed by atoms with Gasteiger partial charge in [-0.2, -0.15) is 0 Å². The van der Waals surface area contributed by atoms with Crippen LogP contribution in [0.25, 0.3) is 0 Å². The van der Waals surface area contributed by atoms with Gasteiger partial charge in [-0.25, -0.2) is 0 Å². The van der Waals surface area contributed by atoms with Crippen molar-refractivity contribution in [2.75, 3.05) is 18.1 Å². The van der Waals surface area contributed by atoms with Crippen LogP contribution in [0.15, 0.2) is 65.8 Å². The summed E-state index contributed by atoms with van der Waals surface area (Å²) < 4.78 is 13.2. The lowest BCUT2D eigenvalue weighted by Gasteiger charge is -2.72. The lowest BCUT2D eigenvalue weighted by molar-refractivity contribution is -0.244. The van der Waals surface area contributed by atoms with Crippen LogP contribution in [0.2, 0.25) is 0 Å². The Balaban J connectivity index is 1.25. The number of para-hydroxylation sites is 1. The van der Waals surface area contributed by atoms with Crippen LogP contribution < -0.4 is 4.90 Å². The van der Waals surface area contributed by atoms with E-state index in [9.17, 15) is 9.59 Å². The van der Waals surface area contributed by atoms with Gasteiger partial charge in [0.25, 0.3) is 0 Å². The first-order chi connectivity index (χ1) is 16.0. The number of amides is 2. The molecule has 0 radical (unpaired) electrons. The molecule has 5 nitrogen and oxygen atoms in total. The first kappa shape index (κ1) is 19.9. The SMILES string of the molecule is C=C1C(=C)C23COC4(CCCCC4)OCC12C1=C3CC2C(=O)N(c3ccccc3)C(=O)C2C1. The Morgan fingerprint density at radius 3 is 1.82 bits per heavy atom. The summed E-state index contributed by atoms with van der Waals surface area (Å²) >= 11 is 0. The highest BCUT2D eigenvalue weighted by Crippen LogP contribution is 2.81. The zero-order chi connectivity index (χ0) is 22.6. The number of fused-ring (bicyclic) bond motifs is 1. The summed E-state index contributed by atoms with van der Waals surface area (Å²) in [5.41, 5.74) is 4.66. The molecule has 2 aliphatic heterocycles. The van der Waals surface area contributed by atoms with E-state index in [0.29, 0.717) is 31.7 Å². The largest absolute Gasteiger partial charge is 0.349 e. The minimum absolute atomic E-state index is 0.0741. The van der Waals surface area contributed by atoms with E-state index >= 15 is 0 Å². The van der Waals surface area contributed by atoms with Crippen LogP contribution in [-0.2, 0) is 19.1 Å². The summed E-state index contributed by atoms with van der Waals surface area (Å²) in [6, 6.07) is 9.30. The van der Waals surface area contributed by atoms with Crippen molar-refractivity contribution >= 4 is 17.5 Å². The first-order valence-corrected chi connectivity index (χ1v) is 12.3. The van der Waals surface area contributed by atoms with E-state index in [1.165, 1.54) is 22.5 Å². The van der Waals surface area contributed by atoms with Crippen LogP contribution >= 0.6 is 0 Å². The van der Waals surface area contributed by atoms with Gasteiger partial charge in [0, 0.05) is 12.8 Å². The molecular weight excluding hydrogens is 414 g/mol. The third kappa shape index (κ3) is 2.12. The molecular formula is C28H29NO4. The molecule has 2 heterocycles. The Hall–Kier alpha value is -2.50. The lowest BCUT2D eigenvalue weighted by Crippen LogP contribution is -2.68.